The molecule has 3 N–H and O–H groups in total. The van der Waals surface area contributed by atoms with Crippen LogP contribution in [0.1, 0.15) is 24.5 Å². The highest BCUT2D eigenvalue weighted by Crippen LogP contribution is 2.26. The van der Waals surface area contributed by atoms with Crippen LogP contribution in [-0.2, 0) is 23.8 Å². The molecule has 0 bridgehead atoms. The zero-order chi connectivity index (χ0) is 25.0. The molecule has 0 aliphatic carbocycles. The average molecular weight is 472 g/mol. The fourth-order valence-electron chi connectivity index (χ4n) is 3.08. The smallest absolute Gasteiger partial charge is 0.411 e. The van der Waals surface area contributed by atoms with Crippen LogP contribution in [0.2, 0.25) is 0 Å². The highest BCUT2D eigenvalue weighted by Gasteiger charge is 2.33. The van der Waals surface area contributed by atoms with Crippen LogP contribution >= 0.6 is 0 Å². The summed E-state index contributed by atoms with van der Waals surface area (Å²) < 4.78 is 15.7. The second-order valence-corrected chi connectivity index (χ2v) is 7.72. The number of hydrogen-bond donors (Lipinski definition) is 3. The monoisotopic (exact) mass is 471 g/mol. The molecule has 2 aromatic carbocycles. The van der Waals surface area contributed by atoms with E-state index in [2.05, 4.69) is 16.0 Å². The molecule has 182 valence electrons. The lowest BCUT2D eigenvalue weighted by molar-refractivity contribution is -0.134. The molecule has 1 atom stereocenters. The van der Waals surface area contributed by atoms with Gasteiger partial charge < -0.3 is 19.5 Å². The predicted octanol–water partition coefficient (Wildman–Crippen LogP) is 4.24. The molecule has 2 rings (SSSR count). The van der Waals surface area contributed by atoms with Crippen molar-refractivity contribution in [2.45, 2.75) is 27.2 Å². The van der Waals surface area contributed by atoms with E-state index in [-0.39, 0.29) is 26.3 Å². The van der Waals surface area contributed by atoms with Gasteiger partial charge in [-0.2, -0.15) is 0 Å². The van der Waals surface area contributed by atoms with Crippen molar-refractivity contribution < 1.29 is 33.4 Å². The zero-order valence-electron chi connectivity index (χ0n) is 19.4. The van der Waals surface area contributed by atoms with E-state index in [0.29, 0.717) is 35.5 Å². The number of carbonyl (C=O) groups is 4. The van der Waals surface area contributed by atoms with Gasteiger partial charge in [0, 0.05) is 17.1 Å². The molecule has 0 saturated carbocycles. The highest BCUT2D eigenvalue weighted by atomic mass is 16.6. The van der Waals surface area contributed by atoms with Crippen molar-refractivity contribution in [2.75, 3.05) is 35.8 Å². The van der Waals surface area contributed by atoms with Crippen LogP contribution < -0.4 is 16.0 Å². The van der Waals surface area contributed by atoms with E-state index in [9.17, 15) is 19.2 Å². The first-order valence-electron chi connectivity index (χ1n) is 10.6. The van der Waals surface area contributed by atoms with E-state index < -0.39 is 17.6 Å². The van der Waals surface area contributed by atoms with Crippen molar-refractivity contribution in [1.82, 2.24) is 0 Å². The lowest BCUT2D eigenvalue weighted by Crippen LogP contribution is -2.39. The van der Waals surface area contributed by atoms with Crippen LogP contribution in [0.3, 0.4) is 0 Å². The summed E-state index contributed by atoms with van der Waals surface area (Å²) in [4.78, 5) is 46.3. The van der Waals surface area contributed by atoms with Gasteiger partial charge in [-0.25, -0.2) is 9.59 Å². The van der Waals surface area contributed by atoms with Crippen LogP contribution in [0.25, 0.3) is 0 Å². The second-order valence-electron chi connectivity index (χ2n) is 7.72. The van der Waals surface area contributed by atoms with Crippen molar-refractivity contribution in [1.29, 1.82) is 0 Å². The molecule has 0 spiro atoms. The van der Waals surface area contributed by atoms with Crippen molar-refractivity contribution in [2.24, 2.45) is 5.41 Å². The number of nitrogens with one attached hydrogen (secondary N) is 3. The molecule has 0 aliphatic heterocycles. The molecule has 0 fully saturated rings. The van der Waals surface area contributed by atoms with Crippen LogP contribution in [0.4, 0.5) is 26.7 Å². The zero-order valence-corrected chi connectivity index (χ0v) is 19.4. The summed E-state index contributed by atoms with van der Waals surface area (Å²) >= 11 is 0. The summed E-state index contributed by atoms with van der Waals surface area (Å²) in [6.07, 6.45) is -0.497. The molecule has 3 amide bonds. The Kier molecular flexibility index (Phi) is 9.88. The summed E-state index contributed by atoms with van der Waals surface area (Å²) in [6.45, 7) is 5.23. The van der Waals surface area contributed by atoms with Gasteiger partial charge in [0.15, 0.2) is 0 Å². The Labute approximate surface area is 198 Å². The van der Waals surface area contributed by atoms with Crippen LogP contribution in [0.15, 0.2) is 42.5 Å². The van der Waals surface area contributed by atoms with Crippen molar-refractivity contribution in [3.05, 3.63) is 53.6 Å². The molecule has 10 nitrogen and oxygen atoms in total. The number of aryl methyl sites for hydroxylation is 1. The van der Waals surface area contributed by atoms with Crippen LogP contribution in [-0.4, -0.2) is 44.9 Å². The maximum atomic E-state index is 12.4. The minimum Gasteiger partial charge on any atom is -0.467 e. The molecular weight excluding hydrogens is 442 g/mol. The van der Waals surface area contributed by atoms with Gasteiger partial charge in [-0.1, -0.05) is 31.2 Å². The largest absolute Gasteiger partial charge is 0.467 e. The Morgan fingerprint density at radius 1 is 0.853 bits per heavy atom. The number of amides is 3. The van der Waals surface area contributed by atoms with Crippen LogP contribution in [0, 0.1) is 19.3 Å². The number of ether oxygens (including phenoxy) is 3. The SMILES string of the molecule is CCC(COC=O)(COC(=O)Nc1ccccc1C)COC(=O)Nc1cccc(NC=O)c1C. The fraction of sp³-hybridized carbons (Fsp3) is 0.333. The Morgan fingerprint density at radius 3 is 2.03 bits per heavy atom. The molecule has 0 heterocycles. The Bertz CT molecular complexity index is 1010. The third kappa shape index (κ3) is 7.51. The third-order valence-corrected chi connectivity index (χ3v) is 5.39. The molecule has 1 unspecified atom stereocenters. The van der Waals surface area contributed by atoms with Gasteiger partial charge in [-0.3, -0.25) is 20.2 Å². The predicted molar refractivity (Wildman–Crippen MR) is 127 cm³/mol. The van der Waals surface area contributed by atoms with Gasteiger partial charge in [0.2, 0.25) is 6.41 Å². The fourth-order valence-corrected chi connectivity index (χ4v) is 3.08. The summed E-state index contributed by atoms with van der Waals surface area (Å²) in [5, 5.41) is 7.83. The molecule has 0 saturated heterocycles. The number of hydrogen-bond acceptors (Lipinski definition) is 7. The third-order valence-electron chi connectivity index (χ3n) is 5.39. The molecule has 34 heavy (non-hydrogen) atoms. The number of anilines is 3. The topological polar surface area (TPSA) is 132 Å². The number of benzene rings is 2. The van der Waals surface area contributed by atoms with E-state index in [1.54, 1.807) is 44.2 Å². The Morgan fingerprint density at radius 2 is 1.44 bits per heavy atom. The quantitative estimate of drug-likeness (QED) is 0.312. The Balaban J connectivity index is 2.01. The van der Waals surface area contributed by atoms with E-state index >= 15 is 0 Å². The van der Waals surface area contributed by atoms with Gasteiger partial charge in [0.1, 0.15) is 19.8 Å². The second kappa shape index (κ2) is 12.8. The lowest BCUT2D eigenvalue weighted by atomic mass is 9.88. The highest BCUT2D eigenvalue weighted by molar-refractivity contribution is 5.88. The number of carbonyl (C=O) groups excluding carboxylic acids is 4. The van der Waals surface area contributed by atoms with E-state index in [4.69, 9.17) is 14.2 Å². The van der Waals surface area contributed by atoms with E-state index in [1.807, 2.05) is 19.1 Å². The minimum atomic E-state index is -0.947. The molecular formula is C24H29N3O7. The van der Waals surface area contributed by atoms with Gasteiger partial charge in [0.05, 0.1) is 5.41 Å². The lowest BCUT2D eigenvalue weighted by Gasteiger charge is -2.30. The standard InChI is InChI=1S/C24H29N3O7/c1-4-24(12-32-16-29,13-33-22(30)26-19-9-6-5-8-17(19)2)14-34-23(31)27-21-11-7-10-20(18(21)3)25-15-28/h5-11,15-16H,4,12-14H2,1-3H3,(H,25,28)(H,26,30)(H,27,31). The van der Waals surface area contributed by atoms with Gasteiger partial charge >= 0.3 is 12.2 Å². The van der Waals surface area contributed by atoms with Gasteiger partial charge in [-0.05, 0) is 49.6 Å². The summed E-state index contributed by atoms with van der Waals surface area (Å²) in [7, 11) is 0. The summed E-state index contributed by atoms with van der Waals surface area (Å²) in [6, 6.07) is 12.3. The number of para-hydroxylation sites is 1. The van der Waals surface area contributed by atoms with Gasteiger partial charge in [0.25, 0.3) is 6.47 Å². The average Bonchev–Trinajstić information content (AvgIpc) is 2.83. The molecule has 0 aliphatic rings. The van der Waals surface area contributed by atoms with Crippen molar-refractivity contribution >= 4 is 42.1 Å². The first-order chi connectivity index (χ1) is 16.3. The van der Waals surface area contributed by atoms with Crippen molar-refractivity contribution in [3.63, 3.8) is 0 Å². The minimum absolute atomic E-state index is 0.115. The maximum Gasteiger partial charge on any atom is 0.411 e. The molecule has 2 aromatic rings. The first kappa shape index (κ1) is 26.2. The first-order valence-corrected chi connectivity index (χ1v) is 10.6. The summed E-state index contributed by atoms with van der Waals surface area (Å²) in [5.41, 5.74) is 2.18. The number of rotatable bonds is 12. The normalized spacial score (nSPS) is 12.0. The Hall–Kier alpha value is -4.08. The van der Waals surface area contributed by atoms with Crippen molar-refractivity contribution in [3.8, 4) is 0 Å². The molecule has 0 radical (unpaired) electrons. The molecule has 10 heteroatoms. The maximum absolute atomic E-state index is 12.4. The van der Waals surface area contributed by atoms with Gasteiger partial charge in [-0.15, -0.1) is 0 Å². The molecule has 0 aromatic heterocycles. The van der Waals surface area contributed by atoms with Crippen LogP contribution in [0.5, 0.6) is 0 Å². The summed E-state index contributed by atoms with van der Waals surface area (Å²) in [5.74, 6) is 0. The van der Waals surface area contributed by atoms with E-state index in [1.165, 1.54) is 0 Å². The van der Waals surface area contributed by atoms with E-state index in [0.717, 1.165) is 5.56 Å².